The fourth-order valence-electron chi connectivity index (χ4n) is 2.48. The SMILES string of the molecule is c1ccc(CCCCCCCCCn2cncn2)cc1. The Balaban J connectivity index is 1.39. The van der Waals surface area contributed by atoms with E-state index in [0.717, 1.165) is 6.54 Å². The highest BCUT2D eigenvalue weighted by Gasteiger charge is 1.95. The van der Waals surface area contributed by atoms with Crippen LogP contribution in [0.15, 0.2) is 43.0 Å². The highest BCUT2D eigenvalue weighted by Crippen LogP contribution is 2.10. The Hall–Kier alpha value is -1.64. The van der Waals surface area contributed by atoms with Crippen molar-refractivity contribution in [1.29, 1.82) is 0 Å². The van der Waals surface area contributed by atoms with E-state index in [1.165, 1.54) is 56.9 Å². The molecule has 0 unspecified atom stereocenters. The van der Waals surface area contributed by atoms with E-state index in [9.17, 15) is 0 Å². The highest BCUT2D eigenvalue weighted by molar-refractivity contribution is 5.14. The fourth-order valence-corrected chi connectivity index (χ4v) is 2.48. The van der Waals surface area contributed by atoms with Gasteiger partial charge in [0.05, 0.1) is 0 Å². The summed E-state index contributed by atoms with van der Waals surface area (Å²) in [6.45, 7) is 1.01. The van der Waals surface area contributed by atoms with Gasteiger partial charge in [-0.15, -0.1) is 0 Å². The van der Waals surface area contributed by atoms with E-state index in [1.54, 1.807) is 12.7 Å². The first-order valence-electron chi connectivity index (χ1n) is 7.81. The van der Waals surface area contributed by atoms with Gasteiger partial charge in [0.2, 0.25) is 0 Å². The maximum absolute atomic E-state index is 4.11. The topological polar surface area (TPSA) is 30.7 Å². The summed E-state index contributed by atoms with van der Waals surface area (Å²) in [5.74, 6) is 0. The molecule has 0 amide bonds. The van der Waals surface area contributed by atoms with Gasteiger partial charge in [0.1, 0.15) is 12.7 Å². The number of aryl methyl sites for hydroxylation is 2. The normalized spacial score (nSPS) is 10.8. The molecule has 0 bridgehead atoms. The molecule has 2 rings (SSSR count). The van der Waals surface area contributed by atoms with E-state index in [1.807, 2.05) is 4.68 Å². The lowest BCUT2D eigenvalue weighted by molar-refractivity contribution is 0.520. The second kappa shape index (κ2) is 9.29. The first-order valence-corrected chi connectivity index (χ1v) is 7.81. The number of aromatic nitrogens is 3. The van der Waals surface area contributed by atoms with Gasteiger partial charge in [-0.1, -0.05) is 62.4 Å². The molecule has 0 radical (unpaired) electrons. The Labute approximate surface area is 122 Å². The molecule has 20 heavy (non-hydrogen) atoms. The molecule has 0 aliphatic rings. The van der Waals surface area contributed by atoms with Crippen LogP contribution in [0.25, 0.3) is 0 Å². The summed E-state index contributed by atoms with van der Waals surface area (Å²) >= 11 is 0. The molecule has 0 fully saturated rings. The zero-order valence-electron chi connectivity index (χ0n) is 12.2. The predicted molar refractivity (Wildman–Crippen MR) is 82.5 cm³/mol. The molecule has 0 N–H and O–H groups in total. The molecular formula is C17H25N3. The lowest BCUT2D eigenvalue weighted by Crippen LogP contribution is -1.97. The number of hydrogen-bond acceptors (Lipinski definition) is 2. The van der Waals surface area contributed by atoms with Crippen LogP contribution in [-0.2, 0) is 13.0 Å². The van der Waals surface area contributed by atoms with E-state index >= 15 is 0 Å². The second-order valence-corrected chi connectivity index (χ2v) is 5.37. The molecule has 0 aliphatic heterocycles. The van der Waals surface area contributed by atoms with Crippen molar-refractivity contribution >= 4 is 0 Å². The summed E-state index contributed by atoms with van der Waals surface area (Å²) in [5.41, 5.74) is 1.47. The minimum atomic E-state index is 1.01. The highest BCUT2D eigenvalue weighted by atomic mass is 15.3. The van der Waals surface area contributed by atoms with E-state index in [4.69, 9.17) is 0 Å². The molecule has 0 aliphatic carbocycles. The Bertz CT molecular complexity index is 437. The maximum atomic E-state index is 4.11. The summed E-state index contributed by atoms with van der Waals surface area (Å²) in [6.07, 6.45) is 13.9. The Morgan fingerprint density at radius 2 is 1.50 bits per heavy atom. The van der Waals surface area contributed by atoms with Crippen LogP contribution in [0.4, 0.5) is 0 Å². The molecule has 2 aromatic rings. The lowest BCUT2D eigenvalue weighted by Gasteiger charge is -2.03. The molecule has 0 spiro atoms. The zero-order valence-corrected chi connectivity index (χ0v) is 12.2. The zero-order chi connectivity index (χ0) is 13.9. The van der Waals surface area contributed by atoms with Crippen LogP contribution < -0.4 is 0 Å². The molecule has 1 heterocycles. The molecule has 0 saturated heterocycles. The number of benzene rings is 1. The van der Waals surface area contributed by atoms with Gasteiger partial charge >= 0.3 is 0 Å². The number of rotatable bonds is 10. The minimum absolute atomic E-state index is 1.01. The molecule has 1 aromatic heterocycles. The Morgan fingerprint density at radius 1 is 0.800 bits per heavy atom. The second-order valence-electron chi connectivity index (χ2n) is 5.37. The van der Waals surface area contributed by atoms with Gasteiger partial charge in [0, 0.05) is 6.54 Å². The summed E-state index contributed by atoms with van der Waals surface area (Å²) in [5, 5.41) is 4.11. The van der Waals surface area contributed by atoms with Crippen LogP contribution in [-0.4, -0.2) is 14.8 Å². The number of unbranched alkanes of at least 4 members (excludes halogenated alkanes) is 6. The van der Waals surface area contributed by atoms with Gasteiger partial charge in [-0.2, -0.15) is 5.10 Å². The molecule has 108 valence electrons. The maximum Gasteiger partial charge on any atom is 0.137 e. The smallest absolute Gasteiger partial charge is 0.137 e. The molecule has 3 nitrogen and oxygen atoms in total. The van der Waals surface area contributed by atoms with Crippen molar-refractivity contribution in [1.82, 2.24) is 14.8 Å². The average molecular weight is 271 g/mol. The van der Waals surface area contributed by atoms with Crippen LogP contribution in [0.1, 0.15) is 50.5 Å². The third kappa shape index (κ3) is 6.00. The number of hydrogen-bond donors (Lipinski definition) is 0. The standard InChI is InChI=1S/C17H25N3/c1(3-5-10-14-20-16-18-15-19-20)2-4-7-11-17-12-8-6-9-13-17/h6,8-9,12-13,15-16H,1-5,7,10-11,14H2. The fraction of sp³-hybridized carbons (Fsp3) is 0.529. The minimum Gasteiger partial charge on any atom is -0.253 e. The number of nitrogens with zero attached hydrogens (tertiary/aromatic N) is 3. The molecular weight excluding hydrogens is 246 g/mol. The first-order chi connectivity index (χ1) is 9.95. The van der Waals surface area contributed by atoms with E-state index in [2.05, 4.69) is 40.4 Å². The van der Waals surface area contributed by atoms with Crippen LogP contribution in [0.2, 0.25) is 0 Å². The van der Waals surface area contributed by atoms with Crippen LogP contribution in [0.5, 0.6) is 0 Å². The van der Waals surface area contributed by atoms with E-state index < -0.39 is 0 Å². The van der Waals surface area contributed by atoms with E-state index in [0.29, 0.717) is 0 Å². The van der Waals surface area contributed by atoms with Gasteiger partial charge in [-0.25, -0.2) is 4.98 Å². The van der Waals surface area contributed by atoms with Gasteiger partial charge in [-0.05, 0) is 24.8 Å². The van der Waals surface area contributed by atoms with Crippen molar-refractivity contribution in [2.75, 3.05) is 0 Å². The predicted octanol–water partition coefficient (Wildman–Crippen LogP) is 4.25. The van der Waals surface area contributed by atoms with Crippen LogP contribution >= 0.6 is 0 Å². The van der Waals surface area contributed by atoms with Crippen molar-refractivity contribution < 1.29 is 0 Å². The summed E-state index contributed by atoms with van der Waals surface area (Å²) in [7, 11) is 0. The largest absolute Gasteiger partial charge is 0.253 e. The van der Waals surface area contributed by atoms with Gasteiger partial charge in [0.25, 0.3) is 0 Å². The molecule has 1 aromatic carbocycles. The Morgan fingerprint density at radius 3 is 2.20 bits per heavy atom. The van der Waals surface area contributed by atoms with Gasteiger partial charge < -0.3 is 0 Å². The lowest BCUT2D eigenvalue weighted by atomic mass is 10.0. The first kappa shape index (κ1) is 14.8. The molecule has 0 atom stereocenters. The summed E-state index contributed by atoms with van der Waals surface area (Å²) in [6, 6.07) is 10.8. The van der Waals surface area contributed by atoms with Crippen molar-refractivity contribution in [2.45, 2.75) is 57.9 Å². The third-order valence-corrected chi connectivity index (χ3v) is 3.66. The average Bonchev–Trinajstić information content (AvgIpc) is 3.00. The molecule has 0 saturated carbocycles. The van der Waals surface area contributed by atoms with Gasteiger partial charge in [0.15, 0.2) is 0 Å². The van der Waals surface area contributed by atoms with Gasteiger partial charge in [-0.3, -0.25) is 4.68 Å². The van der Waals surface area contributed by atoms with Crippen molar-refractivity contribution in [3.63, 3.8) is 0 Å². The van der Waals surface area contributed by atoms with Crippen molar-refractivity contribution in [2.24, 2.45) is 0 Å². The summed E-state index contributed by atoms with van der Waals surface area (Å²) in [4.78, 5) is 3.95. The van der Waals surface area contributed by atoms with Crippen LogP contribution in [0, 0.1) is 0 Å². The Kier molecular flexibility index (Phi) is 6.86. The van der Waals surface area contributed by atoms with Crippen LogP contribution in [0.3, 0.4) is 0 Å². The third-order valence-electron chi connectivity index (χ3n) is 3.66. The van der Waals surface area contributed by atoms with Crippen molar-refractivity contribution in [3.8, 4) is 0 Å². The monoisotopic (exact) mass is 271 g/mol. The molecule has 3 heteroatoms. The summed E-state index contributed by atoms with van der Waals surface area (Å²) < 4.78 is 1.92. The van der Waals surface area contributed by atoms with Crippen molar-refractivity contribution in [3.05, 3.63) is 48.5 Å². The van der Waals surface area contributed by atoms with E-state index in [-0.39, 0.29) is 0 Å². The quantitative estimate of drug-likeness (QED) is 0.605.